The smallest absolute Gasteiger partial charge is 0.344 e. The van der Waals surface area contributed by atoms with Crippen molar-refractivity contribution >= 4 is 28.0 Å². The number of rotatable bonds is 1. The SMILES string of the molecule is O=Cc1cccc2c1oc(=O)c1ccccc12. The Bertz CT molecular complexity index is 784. The average molecular weight is 224 g/mol. The maximum absolute atomic E-state index is 11.8. The van der Waals surface area contributed by atoms with Gasteiger partial charge in [-0.1, -0.05) is 30.3 Å². The number of aldehydes is 1. The molecule has 3 rings (SSSR count). The van der Waals surface area contributed by atoms with Crippen LogP contribution < -0.4 is 5.63 Å². The quantitative estimate of drug-likeness (QED) is 0.362. The van der Waals surface area contributed by atoms with Gasteiger partial charge in [-0.3, -0.25) is 4.79 Å². The summed E-state index contributed by atoms with van der Waals surface area (Å²) in [6.45, 7) is 0. The van der Waals surface area contributed by atoms with Gasteiger partial charge in [-0.15, -0.1) is 0 Å². The van der Waals surface area contributed by atoms with Crippen molar-refractivity contribution in [3.63, 3.8) is 0 Å². The Morgan fingerprint density at radius 2 is 1.59 bits per heavy atom. The molecule has 0 amide bonds. The average Bonchev–Trinajstić information content (AvgIpc) is 2.39. The molecular weight excluding hydrogens is 216 g/mol. The highest BCUT2D eigenvalue weighted by molar-refractivity contribution is 6.08. The molecule has 0 saturated carbocycles. The number of carbonyl (C=O) groups is 1. The number of hydrogen-bond donors (Lipinski definition) is 0. The Hall–Kier alpha value is -2.42. The van der Waals surface area contributed by atoms with Crippen molar-refractivity contribution in [2.24, 2.45) is 0 Å². The van der Waals surface area contributed by atoms with Crippen LogP contribution in [0.25, 0.3) is 21.7 Å². The number of fused-ring (bicyclic) bond motifs is 3. The highest BCUT2D eigenvalue weighted by Crippen LogP contribution is 2.24. The maximum atomic E-state index is 11.8. The molecule has 17 heavy (non-hydrogen) atoms. The van der Waals surface area contributed by atoms with Crippen LogP contribution in [0.2, 0.25) is 0 Å². The fourth-order valence-corrected chi connectivity index (χ4v) is 2.02. The van der Waals surface area contributed by atoms with Gasteiger partial charge in [-0.2, -0.15) is 0 Å². The fourth-order valence-electron chi connectivity index (χ4n) is 2.02. The number of carbonyl (C=O) groups excluding carboxylic acids is 1. The van der Waals surface area contributed by atoms with E-state index < -0.39 is 5.63 Å². The molecule has 0 atom stereocenters. The highest BCUT2D eigenvalue weighted by atomic mass is 16.4. The Labute approximate surface area is 96.3 Å². The Balaban J connectivity index is 2.66. The second-order valence-corrected chi connectivity index (χ2v) is 3.78. The summed E-state index contributed by atoms with van der Waals surface area (Å²) < 4.78 is 5.21. The molecule has 82 valence electrons. The van der Waals surface area contributed by atoms with Crippen molar-refractivity contribution in [2.75, 3.05) is 0 Å². The van der Waals surface area contributed by atoms with Crippen LogP contribution in [0.3, 0.4) is 0 Å². The molecule has 1 heterocycles. The van der Waals surface area contributed by atoms with E-state index in [2.05, 4.69) is 0 Å². The predicted molar refractivity (Wildman–Crippen MR) is 65.4 cm³/mol. The van der Waals surface area contributed by atoms with E-state index in [0.29, 0.717) is 22.8 Å². The molecule has 3 nitrogen and oxygen atoms in total. The van der Waals surface area contributed by atoms with Crippen molar-refractivity contribution in [2.45, 2.75) is 0 Å². The van der Waals surface area contributed by atoms with E-state index in [1.165, 1.54) is 0 Å². The Morgan fingerprint density at radius 1 is 0.882 bits per heavy atom. The second-order valence-electron chi connectivity index (χ2n) is 3.78. The van der Waals surface area contributed by atoms with Gasteiger partial charge in [0.2, 0.25) is 0 Å². The van der Waals surface area contributed by atoms with Gasteiger partial charge in [-0.05, 0) is 17.5 Å². The van der Waals surface area contributed by atoms with E-state index in [-0.39, 0.29) is 0 Å². The first-order valence-electron chi connectivity index (χ1n) is 5.21. The van der Waals surface area contributed by atoms with E-state index in [1.807, 2.05) is 18.2 Å². The highest BCUT2D eigenvalue weighted by Gasteiger charge is 2.09. The van der Waals surface area contributed by atoms with Gasteiger partial charge in [0, 0.05) is 5.39 Å². The lowest BCUT2D eigenvalue weighted by Crippen LogP contribution is -2.00. The number of hydrogen-bond acceptors (Lipinski definition) is 3. The van der Waals surface area contributed by atoms with E-state index in [9.17, 15) is 9.59 Å². The van der Waals surface area contributed by atoms with E-state index >= 15 is 0 Å². The molecule has 0 aliphatic heterocycles. The molecule has 0 spiro atoms. The molecule has 0 aliphatic carbocycles. The molecule has 0 bridgehead atoms. The van der Waals surface area contributed by atoms with Crippen LogP contribution in [0.15, 0.2) is 51.7 Å². The van der Waals surface area contributed by atoms with Crippen molar-refractivity contribution in [3.05, 3.63) is 58.4 Å². The Morgan fingerprint density at radius 3 is 2.35 bits per heavy atom. The van der Waals surface area contributed by atoms with Crippen molar-refractivity contribution in [1.82, 2.24) is 0 Å². The van der Waals surface area contributed by atoms with Gasteiger partial charge >= 0.3 is 5.63 Å². The molecule has 1 aromatic heterocycles. The largest absolute Gasteiger partial charge is 0.421 e. The van der Waals surface area contributed by atoms with Crippen LogP contribution in [-0.4, -0.2) is 6.29 Å². The predicted octanol–water partition coefficient (Wildman–Crippen LogP) is 2.76. The Kier molecular flexibility index (Phi) is 2.05. The van der Waals surface area contributed by atoms with Gasteiger partial charge in [0.15, 0.2) is 6.29 Å². The van der Waals surface area contributed by atoms with Crippen LogP contribution >= 0.6 is 0 Å². The van der Waals surface area contributed by atoms with Crippen molar-refractivity contribution < 1.29 is 9.21 Å². The van der Waals surface area contributed by atoms with Gasteiger partial charge in [0.25, 0.3) is 0 Å². The van der Waals surface area contributed by atoms with E-state index in [1.54, 1.807) is 24.3 Å². The van der Waals surface area contributed by atoms with Crippen LogP contribution in [0.1, 0.15) is 10.4 Å². The summed E-state index contributed by atoms with van der Waals surface area (Å²) in [5.74, 6) is 0. The second kappa shape index (κ2) is 3.56. The van der Waals surface area contributed by atoms with Crippen LogP contribution in [-0.2, 0) is 0 Å². The van der Waals surface area contributed by atoms with Crippen LogP contribution in [0.5, 0.6) is 0 Å². The maximum Gasteiger partial charge on any atom is 0.344 e. The summed E-state index contributed by atoms with van der Waals surface area (Å²) in [4.78, 5) is 22.7. The molecule has 3 heteroatoms. The first-order valence-corrected chi connectivity index (χ1v) is 5.21. The third-order valence-corrected chi connectivity index (χ3v) is 2.80. The van der Waals surface area contributed by atoms with Gasteiger partial charge < -0.3 is 4.42 Å². The lowest BCUT2D eigenvalue weighted by molar-refractivity contribution is 0.112. The minimum Gasteiger partial charge on any atom is -0.421 e. The standard InChI is InChI=1S/C14H8O3/c15-8-9-4-3-7-11-10-5-1-2-6-12(10)14(16)17-13(9)11/h1-8H. The zero-order valence-corrected chi connectivity index (χ0v) is 8.84. The third-order valence-electron chi connectivity index (χ3n) is 2.80. The van der Waals surface area contributed by atoms with E-state index in [4.69, 9.17) is 4.42 Å². The topological polar surface area (TPSA) is 47.3 Å². The molecule has 0 N–H and O–H groups in total. The zero-order chi connectivity index (χ0) is 11.8. The fraction of sp³-hybridized carbons (Fsp3) is 0. The van der Waals surface area contributed by atoms with Crippen LogP contribution in [0.4, 0.5) is 0 Å². The third kappa shape index (κ3) is 1.36. The summed E-state index contributed by atoms with van der Waals surface area (Å²) in [6, 6.07) is 12.5. The molecular formula is C14H8O3. The molecule has 0 aliphatic rings. The first-order chi connectivity index (χ1) is 8.31. The van der Waals surface area contributed by atoms with Gasteiger partial charge in [0.05, 0.1) is 10.9 Å². The first kappa shape index (κ1) is 9.78. The monoisotopic (exact) mass is 224 g/mol. The van der Waals surface area contributed by atoms with Crippen molar-refractivity contribution in [1.29, 1.82) is 0 Å². The van der Waals surface area contributed by atoms with Gasteiger partial charge in [-0.25, -0.2) is 4.79 Å². The summed E-state index contributed by atoms with van der Waals surface area (Å²) in [6.07, 6.45) is 0.694. The minimum absolute atomic E-state index is 0.353. The van der Waals surface area contributed by atoms with E-state index in [0.717, 1.165) is 10.8 Å². The number of para-hydroxylation sites is 1. The summed E-state index contributed by atoms with van der Waals surface area (Å²) in [7, 11) is 0. The summed E-state index contributed by atoms with van der Waals surface area (Å²) in [5.41, 5.74) is 0.332. The molecule has 0 fully saturated rings. The number of benzene rings is 2. The van der Waals surface area contributed by atoms with Crippen LogP contribution in [0, 0.1) is 0 Å². The van der Waals surface area contributed by atoms with Gasteiger partial charge in [0.1, 0.15) is 5.58 Å². The lowest BCUT2D eigenvalue weighted by atomic mass is 10.1. The molecule has 3 aromatic rings. The molecule has 0 radical (unpaired) electrons. The minimum atomic E-state index is -0.414. The lowest BCUT2D eigenvalue weighted by Gasteiger charge is -2.03. The molecule has 2 aromatic carbocycles. The molecule has 0 saturated heterocycles. The summed E-state index contributed by atoms with van der Waals surface area (Å²) in [5, 5.41) is 2.12. The normalized spacial score (nSPS) is 10.8. The zero-order valence-electron chi connectivity index (χ0n) is 8.84. The summed E-state index contributed by atoms with van der Waals surface area (Å²) >= 11 is 0. The van der Waals surface area contributed by atoms with Crippen molar-refractivity contribution in [3.8, 4) is 0 Å². The molecule has 0 unspecified atom stereocenters.